The molecule has 0 atom stereocenters. The monoisotopic (exact) mass is 360 g/mol. The van der Waals surface area contributed by atoms with Gasteiger partial charge in [0.2, 0.25) is 0 Å². The van der Waals surface area contributed by atoms with Crippen LogP contribution in [0, 0.1) is 5.92 Å². The summed E-state index contributed by atoms with van der Waals surface area (Å²) in [6.45, 7) is 0.618. The summed E-state index contributed by atoms with van der Waals surface area (Å²) in [6.07, 6.45) is 11.2. The second kappa shape index (κ2) is 7.27. The maximum atomic E-state index is 12.5. The van der Waals surface area contributed by atoms with Crippen LogP contribution in [0.25, 0.3) is 16.7 Å². The summed E-state index contributed by atoms with van der Waals surface area (Å²) in [5.74, 6) is 0.471. The van der Waals surface area contributed by atoms with Crippen LogP contribution in [0.4, 0.5) is 0 Å². The first kappa shape index (κ1) is 17.5. The van der Waals surface area contributed by atoms with Gasteiger partial charge < -0.3 is 14.1 Å². The average Bonchev–Trinajstić information content (AvgIpc) is 3.14. The van der Waals surface area contributed by atoms with Crippen LogP contribution >= 0.6 is 12.4 Å². The van der Waals surface area contributed by atoms with Crippen LogP contribution in [-0.4, -0.2) is 19.1 Å². The molecule has 6 nitrogen and oxygen atoms in total. The van der Waals surface area contributed by atoms with Crippen LogP contribution in [0.1, 0.15) is 32.1 Å². The molecule has 1 fully saturated rings. The highest BCUT2D eigenvalue weighted by molar-refractivity contribution is 5.85. The van der Waals surface area contributed by atoms with Crippen molar-refractivity contribution in [3.8, 4) is 5.69 Å². The molecular formula is C18H21ClN4O2. The van der Waals surface area contributed by atoms with Crippen molar-refractivity contribution in [2.24, 2.45) is 5.92 Å². The molecule has 0 amide bonds. The van der Waals surface area contributed by atoms with Gasteiger partial charge in [-0.25, -0.2) is 4.98 Å². The number of fused-ring (bicyclic) bond motifs is 1. The molecule has 132 valence electrons. The lowest BCUT2D eigenvalue weighted by molar-refractivity contribution is 0.319. The molecule has 4 rings (SSSR count). The third kappa shape index (κ3) is 3.39. The molecule has 0 unspecified atom stereocenters. The first-order valence-corrected chi connectivity index (χ1v) is 8.47. The number of nitrogens with one attached hydrogen (secondary N) is 1. The highest BCUT2D eigenvalue weighted by Crippen LogP contribution is 2.25. The van der Waals surface area contributed by atoms with Gasteiger partial charge in [-0.05, 0) is 37.0 Å². The summed E-state index contributed by atoms with van der Waals surface area (Å²) in [5.41, 5.74) is 1.38. The van der Waals surface area contributed by atoms with E-state index in [2.05, 4.69) is 9.97 Å². The van der Waals surface area contributed by atoms with Gasteiger partial charge in [0.15, 0.2) is 0 Å². The number of benzene rings is 1. The summed E-state index contributed by atoms with van der Waals surface area (Å²) >= 11 is 0. The zero-order valence-corrected chi connectivity index (χ0v) is 14.7. The van der Waals surface area contributed by atoms with Gasteiger partial charge in [0.1, 0.15) is 0 Å². The van der Waals surface area contributed by atoms with Crippen molar-refractivity contribution in [1.29, 1.82) is 0 Å². The molecule has 1 aliphatic rings. The number of H-pyrrole nitrogens is 1. The molecule has 0 bridgehead atoms. The number of hydrogen-bond acceptors (Lipinski definition) is 3. The predicted octanol–water partition coefficient (Wildman–Crippen LogP) is 2.88. The highest BCUT2D eigenvalue weighted by atomic mass is 35.5. The standard InChI is InChI=1S/C18H20N4O2.ClH/c23-17-18(24)22(11-13-4-2-1-3-5-13)16-10-14(6-7-15(16)20-17)21-9-8-19-12-21;/h6-10,12-13H,1-5,11H2,(H,20,23);1H. The fraction of sp³-hybridized carbons (Fsp3) is 0.389. The number of imidazole rings is 1. The zero-order valence-electron chi connectivity index (χ0n) is 13.9. The Morgan fingerprint density at radius 1 is 1.16 bits per heavy atom. The van der Waals surface area contributed by atoms with Crippen LogP contribution in [0.3, 0.4) is 0 Å². The Labute approximate surface area is 150 Å². The summed E-state index contributed by atoms with van der Waals surface area (Å²) in [7, 11) is 0. The maximum Gasteiger partial charge on any atom is 0.316 e. The fourth-order valence-corrected chi connectivity index (χ4v) is 3.64. The molecule has 1 aliphatic carbocycles. The zero-order chi connectivity index (χ0) is 16.5. The van der Waals surface area contributed by atoms with Crippen LogP contribution in [0.5, 0.6) is 0 Å². The first-order valence-electron chi connectivity index (χ1n) is 8.47. The minimum Gasteiger partial charge on any atom is -0.316 e. The van der Waals surface area contributed by atoms with E-state index in [9.17, 15) is 9.59 Å². The van der Waals surface area contributed by atoms with Crippen LogP contribution in [-0.2, 0) is 6.54 Å². The summed E-state index contributed by atoms with van der Waals surface area (Å²) < 4.78 is 3.55. The first-order chi connectivity index (χ1) is 11.7. The van der Waals surface area contributed by atoms with E-state index >= 15 is 0 Å². The van der Waals surface area contributed by atoms with E-state index in [0.29, 0.717) is 18.0 Å². The highest BCUT2D eigenvalue weighted by Gasteiger charge is 2.17. The Hall–Kier alpha value is -2.34. The molecule has 2 heterocycles. The van der Waals surface area contributed by atoms with Gasteiger partial charge >= 0.3 is 11.1 Å². The van der Waals surface area contributed by atoms with E-state index in [1.807, 2.05) is 29.0 Å². The van der Waals surface area contributed by atoms with Gasteiger partial charge in [0.05, 0.1) is 17.4 Å². The molecule has 1 aromatic carbocycles. The Morgan fingerprint density at radius 2 is 1.96 bits per heavy atom. The topological polar surface area (TPSA) is 72.7 Å². The Balaban J connectivity index is 0.00000182. The van der Waals surface area contributed by atoms with Gasteiger partial charge in [0, 0.05) is 24.6 Å². The van der Waals surface area contributed by atoms with Crippen molar-refractivity contribution >= 4 is 23.4 Å². The van der Waals surface area contributed by atoms with Crippen molar-refractivity contribution < 1.29 is 0 Å². The van der Waals surface area contributed by atoms with Crippen LogP contribution < -0.4 is 11.1 Å². The Morgan fingerprint density at radius 3 is 2.68 bits per heavy atom. The summed E-state index contributed by atoms with van der Waals surface area (Å²) in [4.78, 5) is 31.2. The lowest BCUT2D eigenvalue weighted by Gasteiger charge is -2.23. The van der Waals surface area contributed by atoms with Crippen molar-refractivity contribution in [3.05, 3.63) is 57.6 Å². The van der Waals surface area contributed by atoms with E-state index in [0.717, 1.165) is 24.0 Å². The molecule has 0 radical (unpaired) electrons. The number of aromatic nitrogens is 4. The average molecular weight is 361 g/mol. The Bertz CT molecular complexity index is 969. The van der Waals surface area contributed by atoms with Crippen molar-refractivity contribution in [3.63, 3.8) is 0 Å². The van der Waals surface area contributed by atoms with E-state index in [4.69, 9.17) is 0 Å². The third-order valence-electron chi connectivity index (χ3n) is 4.93. The molecule has 0 saturated heterocycles. The van der Waals surface area contributed by atoms with E-state index in [1.165, 1.54) is 19.3 Å². The Kier molecular flexibility index (Phi) is 5.08. The third-order valence-corrected chi connectivity index (χ3v) is 4.93. The van der Waals surface area contributed by atoms with E-state index < -0.39 is 11.1 Å². The number of halogens is 1. The molecule has 1 N–H and O–H groups in total. The fourth-order valence-electron chi connectivity index (χ4n) is 3.64. The van der Waals surface area contributed by atoms with Crippen molar-refractivity contribution in [2.75, 3.05) is 0 Å². The van der Waals surface area contributed by atoms with Gasteiger partial charge in [-0.1, -0.05) is 19.3 Å². The molecular weight excluding hydrogens is 340 g/mol. The second-order valence-corrected chi connectivity index (χ2v) is 6.55. The number of aromatic amines is 1. The molecule has 2 aromatic heterocycles. The molecule has 0 spiro atoms. The normalized spacial score (nSPS) is 15.2. The van der Waals surface area contributed by atoms with Gasteiger partial charge in [0.25, 0.3) is 0 Å². The van der Waals surface area contributed by atoms with Crippen LogP contribution in [0.2, 0.25) is 0 Å². The second-order valence-electron chi connectivity index (χ2n) is 6.55. The number of hydrogen-bond donors (Lipinski definition) is 1. The summed E-state index contributed by atoms with van der Waals surface area (Å²) in [6, 6.07) is 5.70. The quantitative estimate of drug-likeness (QED) is 0.730. The lowest BCUT2D eigenvalue weighted by Crippen LogP contribution is -2.38. The molecule has 25 heavy (non-hydrogen) atoms. The molecule has 3 aromatic rings. The van der Waals surface area contributed by atoms with E-state index in [-0.39, 0.29) is 12.4 Å². The van der Waals surface area contributed by atoms with Crippen molar-refractivity contribution in [1.82, 2.24) is 19.1 Å². The predicted molar refractivity (Wildman–Crippen MR) is 99.8 cm³/mol. The SMILES string of the molecule is Cl.O=c1[nH]c2ccc(-n3ccnc3)cc2n(CC2CCCCC2)c1=O. The number of nitrogens with zero attached hydrogens (tertiary/aromatic N) is 3. The summed E-state index contributed by atoms with van der Waals surface area (Å²) in [5, 5.41) is 0. The largest absolute Gasteiger partial charge is 0.316 e. The van der Waals surface area contributed by atoms with Gasteiger partial charge in [-0.15, -0.1) is 12.4 Å². The lowest BCUT2D eigenvalue weighted by atomic mass is 9.89. The maximum absolute atomic E-state index is 12.5. The minimum absolute atomic E-state index is 0. The van der Waals surface area contributed by atoms with Gasteiger partial charge in [-0.2, -0.15) is 0 Å². The van der Waals surface area contributed by atoms with Crippen LogP contribution in [0.15, 0.2) is 46.5 Å². The van der Waals surface area contributed by atoms with E-state index in [1.54, 1.807) is 17.1 Å². The molecule has 0 aliphatic heterocycles. The molecule has 1 saturated carbocycles. The smallest absolute Gasteiger partial charge is 0.316 e. The molecule has 7 heteroatoms. The van der Waals surface area contributed by atoms with Gasteiger partial charge in [-0.3, -0.25) is 9.59 Å². The number of rotatable bonds is 3. The van der Waals surface area contributed by atoms with Crippen molar-refractivity contribution in [2.45, 2.75) is 38.6 Å². The minimum atomic E-state index is -0.548.